The molecule has 1 aliphatic heterocycles. The molecule has 1 saturated heterocycles. The Hall–Kier alpha value is -4.61. The Morgan fingerprint density at radius 3 is 2.19 bits per heavy atom. The molecule has 228 valence electrons. The van der Waals surface area contributed by atoms with Crippen LogP contribution in [0.4, 0.5) is 36.8 Å². The fourth-order valence-electron chi connectivity index (χ4n) is 5.01. The van der Waals surface area contributed by atoms with Crippen LogP contribution in [0.15, 0.2) is 58.3 Å². The van der Waals surface area contributed by atoms with E-state index < -0.39 is 62.1 Å². The summed E-state index contributed by atoms with van der Waals surface area (Å²) in [5.74, 6) is -2.02. The van der Waals surface area contributed by atoms with Crippen molar-refractivity contribution in [1.29, 1.82) is 0 Å². The molecule has 2 aliphatic rings. The van der Waals surface area contributed by atoms with Crippen molar-refractivity contribution in [2.75, 3.05) is 18.1 Å². The Balaban J connectivity index is 1.68. The molecule has 5 rings (SSSR count). The minimum absolute atomic E-state index is 0.0787. The van der Waals surface area contributed by atoms with E-state index in [4.69, 9.17) is 4.74 Å². The molecular formula is C25H18F6N4O7S. The third-order valence-corrected chi connectivity index (χ3v) is 8.02. The lowest BCUT2D eigenvalue weighted by molar-refractivity contribution is -0.138. The molecule has 43 heavy (non-hydrogen) atoms. The monoisotopic (exact) mass is 632 g/mol. The number of cyclic esters (lactones) is 1. The topological polar surface area (TPSA) is 137 Å². The predicted octanol–water partition coefficient (Wildman–Crippen LogP) is 3.09. The van der Waals surface area contributed by atoms with Gasteiger partial charge in [0, 0.05) is 11.9 Å². The largest absolute Gasteiger partial charge is 0.516 e. The maximum absolute atomic E-state index is 13.7. The summed E-state index contributed by atoms with van der Waals surface area (Å²) in [7, 11) is -6.28. The lowest BCUT2D eigenvalue weighted by Gasteiger charge is -2.20. The van der Waals surface area contributed by atoms with Crippen molar-refractivity contribution in [3.8, 4) is 5.69 Å². The maximum atomic E-state index is 13.7. The van der Waals surface area contributed by atoms with Crippen molar-refractivity contribution in [2.24, 2.45) is 0 Å². The van der Waals surface area contributed by atoms with Crippen molar-refractivity contribution in [1.82, 2.24) is 13.9 Å². The first-order chi connectivity index (χ1) is 20.0. The maximum Gasteiger partial charge on any atom is 0.516 e. The number of alkyl halides is 6. The highest BCUT2D eigenvalue weighted by Crippen LogP contribution is 2.41. The summed E-state index contributed by atoms with van der Waals surface area (Å²) < 4.78 is 110. The first kappa shape index (κ1) is 29.9. The number of ether oxygens (including phenoxy) is 1. The van der Waals surface area contributed by atoms with Gasteiger partial charge in [-0.05, 0) is 54.3 Å². The van der Waals surface area contributed by atoms with Crippen molar-refractivity contribution in [2.45, 2.75) is 30.6 Å². The molecule has 1 aromatic heterocycles. The minimum atomic E-state index is -6.28. The summed E-state index contributed by atoms with van der Waals surface area (Å²) in [6, 6.07) is 6.96. The summed E-state index contributed by atoms with van der Waals surface area (Å²) in [6.45, 7) is 0.325. The first-order valence-electron chi connectivity index (χ1n) is 12.3. The minimum Gasteiger partial charge on any atom is -0.447 e. The van der Waals surface area contributed by atoms with Gasteiger partial charge in [0.25, 0.3) is 11.5 Å². The number of aromatic nitrogens is 2. The molecular weight excluding hydrogens is 614 g/mol. The van der Waals surface area contributed by atoms with Crippen LogP contribution in [0, 0.1) is 0 Å². The smallest absolute Gasteiger partial charge is 0.447 e. The predicted molar refractivity (Wildman–Crippen MR) is 135 cm³/mol. The summed E-state index contributed by atoms with van der Waals surface area (Å²) >= 11 is 0. The zero-order valence-corrected chi connectivity index (χ0v) is 22.2. The van der Waals surface area contributed by atoms with Gasteiger partial charge in [-0.3, -0.25) is 23.6 Å². The lowest BCUT2D eigenvalue weighted by atomic mass is 10.0. The number of fused-ring (bicyclic) bond motifs is 1. The van der Waals surface area contributed by atoms with E-state index in [1.807, 2.05) is 0 Å². The second-order valence-electron chi connectivity index (χ2n) is 9.46. The van der Waals surface area contributed by atoms with Crippen LogP contribution in [0.3, 0.4) is 0 Å². The van der Waals surface area contributed by atoms with Crippen molar-refractivity contribution in [3.63, 3.8) is 0 Å². The van der Waals surface area contributed by atoms with Crippen molar-refractivity contribution in [3.05, 3.63) is 91.8 Å². The summed E-state index contributed by atoms with van der Waals surface area (Å²) in [4.78, 5) is 53.0. The number of halogens is 6. The van der Waals surface area contributed by atoms with E-state index >= 15 is 0 Å². The Labute approximate surface area is 237 Å². The number of anilines is 1. The van der Waals surface area contributed by atoms with Crippen LogP contribution in [0.5, 0.6) is 0 Å². The molecule has 2 aromatic carbocycles. The second kappa shape index (κ2) is 10.3. The van der Waals surface area contributed by atoms with Crippen LogP contribution >= 0.6 is 0 Å². The number of nitrogens with one attached hydrogen (secondary N) is 1. The molecule has 1 unspecified atom stereocenters. The Kier molecular flexibility index (Phi) is 7.14. The number of carbonyl (C=O) groups is 2. The third kappa shape index (κ3) is 5.26. The van der Waals surface area contributed by atoms with Crippen LogP contribution < -0.4 is 20.9 Å². The molecule has 11 nitrogen and oxygen atoms in total. The van der Waals surface area contributed by atoms with Gasteiger partial charge < -0.3 is 4.74 Å². The van der Waals surface area contributed by atoms with Crippen molar-refractivity contribution >= 4 is 27.7 Å². The SMILES string of the molecule is O=C(NS(=O)(=O)C(F)(F)F)c1cn(-c2ccc(N3CCOC3=O)cc2)c(=O)n(C2CCc3c2cccc3C(F)(F)F)c1=O. The molecule has 1 aliphatic carbocycles. The molecule has 0 saturated carbocycles. The van der Waals surface area contributed by atoms with Gasteiger partial charge in [0.1, 0.15) is 12.2 Å². The fourth-order valence-corrected chi connectivity index (χ4v) is 5.48. The van der Waals surface area contributed by atoms with Gasteiger partial charge >= 0.3 is 33.5 Å². The Bertz CT molecular complexity index is 1860. The number of hydrogen-bond acceptors (Lipinski definition) is 7. The van der Waals surface area contributed by atoms with Gasteiger partial charge in [0.15, 0.2) is 0 Å². The van der Waals surface area contributed by atoms with E-state index in [9.17, 15) is 53.9 Å². The molecule has 3 aromatic rings. The summed E-state index contributed by atoms with van der Waals surface area (Å²) in [5, 5.41) is 0. The van der Waals surface area contributed by atoms with E-state index in [-0.39, 0.29) is 42.8 Å². The van der Waals surface area contributed by atoms with Crippen molar-refractivity contribution < 1.29 is 49.1 Å². The van der Waals surface area contributed by atoms with E-state index in [0.717, 1.165) is 16.9 Å². The van der Waals surface area contributed by atoms with Crippen LogP contribution in [0.1, 0.15) is 39.5 Å². The van der Waals surface area contributed by atoms with E-state index in [1.165, 1.54) is 35.2 Å². The zero-order chi connectivity index (χ0) is 31.5. The van der Waals surface area contributed by atoms with E-state index in [0.29, 0.717) is 21.0 Å². The fraction of sp³-hybridized carbons (Fsp3) is 0.280. The van der Waals surface area contributed by atoms with E-state index in [1.54, 1.807) is 0 Å². The van der Waals surface area contributed by atoms with Crippen LogP contribution in [0.25, 0.3) is 5.69 Å². The normalized spacial score (nSPS) is 17.1. The summed E-state index contributed by atoms with van der Waals surface area (Å²) in [5.41, 5.74) is -10.9. The highest BCUT2D eigenvalue weighted by molar-refractivity contribution is 7.90. The highest BCUT2D eigenvalue weighted by Gasteiger charge is 2.47. The molecule has 1 N–H and O–H groups in total. The second-order valence-corrected chi connectivity index (χ2v) is 11.1. The lowest BCUT2D eigenvalue weighted by Crippen LogP contribution is -2.47. The molecule has 1 atom stereocenters. The Morgan fingerprint density at radius 2 is 1.60 bits per heavy atom. The number of nitrogens with zero attached hydrogens (tertiary/aromatic N) is 3. The Morgan fingerprint density at radius 1 is 0.953 bits per heavy atom. The van der Waals surface area contributed by atoms with E-state index in [2.05, 4.69) is 0 Å². The molecule has 18 heteroatoms. The molecule has 2 amide bonds. The highest BCUT2D eigenvalue weighted by atomic mass is 32.2. The average molecular weight is 632 g/mol. The molecule has 0 spiro atoms. The van der Waals surface area contributed by atoms with Gasteiger partial charge in [-0.15, -0.1) is 0 Å². The standard InChI is InChI=1S/C25H18F6N4O7S/c26-24(27,28)18-3-1-2-16-15(18)8-9-19(16)35-21(37)17(20(36)32-43(40,41)25(29,30)31)12-34(22(35)38)14-6-4-13(5-7-14)33-10-11-42-23(33)39/h1-7,12,19H,8-11H2,(H,32,36). The summed E-state index contributed by atoms with van der Waals surface area (Å²) in [6.07, 6.45) is -5.35. The number of amides is 2. The number of rotatable bonds is 5. The van der Waals surface area contributed by atoms with Gasteiger partial charge in [-0.1, -0.05) is 12.1 Å². The van der Waals surface area contributed by atoms with Gasteiger partial charge in [0.2, 0.25) is 0 Å². The third-order valence-electron chi connectivity index (χ3n) is 6.95. The molecule has 0 bridgehead atoms. The zero-order valence-electron chi connectivity index (χ0n) is 21.4. The number of sulfonamides is 1. The van der Waals surface area contributed by atoms with Gasteiger partial charge in [0.05, 0.1) is 23.8 Å². The number of carbonyl (C=O) groups excluding carboxylic acids is 2. The van der Waals surface area contributed by atoms with Gasteiger partial charge in [-0.2, -0.15) is 34.8 Å². The molecule has 0 radical (unpaired) electrons. The van der Waals surface area contributed by atoms with Crippen LogP contribution in [-0.2, 0) is 27.4 Å². The quantitative estimate of drug-likeness (QED) is 0.427. The van der Waals surface area contributed by atoms with Crippen LogP contribution in [-0.4, -0.2) is 48.2 Å². The van der Waals surface area contributed by atoms with Gasteiger partial charge in [-0.25, -0.2) is 14.3 Å². The molecule has 2 heterocycles. The van der Waals surface area contributed by atoms with Crippen LogP contribution in [0.2, 0.25) is 0 Å². The molecule has 1 fully saturated rings. The number of hydrogen-bond donors (Lipinski definition) is 1. The first-order valence-corrected chi connectivity index (χ1v) is 13.7. The average Bonchev–Trinajstić information content (AvgIpc) is 3.54. The number of benzene rings is 2.